The maximum atomic E-state index is 13.5. The fraction of sp³-hybridized carbons (Fsp3) is 0.259. The number of halogens is 2. The number of amides is 1. The molecule has 182 valence electrons. The van der Waals surface area contributed by atoms with Crippen LogP contribution in [0.4, 0.5) is 14.5 Å². The second-order valence-corrected chi connectivity index (χ2v) is 8.94. The fourth-order valence-corrected chi connectivity index (χ4v) is 4.13. The van der Waals surface area contributed by atoms with Gasteiger partial charge in [0.2, 0.25) is 0 Å². The van der Waals surface area contributed by atoms with Crippen LogP contribution < -0.4 is 10.3 Å². The maximum Gasteiger partial charge on any atom is 0.273 e. The van der Waals surface area contributed by atoms with Gasteiger partial charge in [-0.3, -0.25) is 4.79 Å². The van der Waals surface area contributed by atoms with E-state index in [0.717, 1.165) is 47.7 Å². The highest BCUT2D eigenvalue weighted by atomic mass is 19.1. The molecule has 1 amide bonds. The van der Waals surface area contributed by atoms with Crippen LogP contribution in [0.3, 0.4) is 0 Å². The number of anilines is 1. The number of rotatable bonds is 9. The first-order valence-electron chi connectivity index (χ1n) is 11.5. The van der Waals surface area contributed by atoms with E-state index in [1.807, 2.05) is 57.5 Å². The van der Waals surface area contributed by atoms with Gasteiger partial charge in [0.15, 0.2) is 0 Å². The van der Waals surface area contributed by atoms with Gasteiger partial charge in [-0.05, 0) is 81.0 Å². The zero-order valence-electron chi connectivity index (χ0n) is 20.1. The van der Waals surface area contributed by atoms with E-state index in [0.29, 0.717) is 17.5 Å². The minimum absolute atomic E-state index is 0.260. The number of benzene rings is 3. The molecule has 0 saturated carbocycles. The zero-order chi connectivity index (χ0) is 24.9. The third kappa shape index (κ3) is 6.02. The molecule has 1 aromatic heterocycles. The van der Waals surface area contributed by atoms with Crippen LogP contribution in [-0.4, -0.2) is 54.9 Å². The second-order valence-electron chi connectivity index (χ2n) is 8.94. The van der Waals surface area contributed by atoms with E-state index in [1.54, 1.807) is 12.3 Å². The summed E-state index contributed by atoms with van der Waals surface area (Å²) in [5.74, 6) is -1.45. The maximum absolute atomic E-state index is 13.5. The Hall–Kier alpha value is -3.78. The lowest BCUT2D eigenvalue weighted by atomic mass is 10.0. The van der Waals surface area contributed by atoms with Gasteiger partial charge in [-0.25, -0.2) is 14.2 Å². The summed E-state index contributed by atoms with van der Waals surface area (Å²) in [6.45, 7) is 1.79. The van der Waals surface area contributed by atoms with Crippen molar-refractivity contribution in [2.24, 2.45) is 0 Å². The molecule has 1 heterocycles. The monoisotopic (exact) mass is 477 g/mol. The van der Waals surface area contributed by atoms with Gasteiger partial charge in [-0.1, -0.05) is 18.2 Å². The molecule has 6 nitrogen and oxygen atoms in total. The Morgan fingerprint density at radius 3 is 2.43 bits per heavy atom. The van der Waals surface area contributed by atoms with Gasteiger partial charge >= 0.3 is 0 Å². The number of aromatic nitrogens is 2. The summed E-state index contributed by atoms with van der Waals surface area (Å²) in [7, 11) is 6.07. The molecule has 0 saturated heterocycles. The molecule has 0 unspecified atom stereocenters. The Bertz CT molecular complexity index is 1310. The normalized spacial score (nSPS) is 11.3. The van der Waals surface area contributed by atoms with Crippen molar-refractivity contribution in [1.82, 2.24) is 14.8 Å². The molecule has 0 fully saturated rings. The minimum Gasteiger partial charge on any atom is -0.374 e. The van der Waals surface area contributed by atoms with Crippen molar-refractivity contribution in [2.75, 3.05) is 44.6 Å². The first kappa shape index (κ1) is 24.3. The van der Waals surface area contributed by atoms with Crippen molar-refractivity contribution < 1.29 is 13.6 Å². The van der Waals surface area contributed by atoms with Crippen LogP contribution in [-0.2, 0) is 6.42 Å². The van der Waals surface area contributed by atoms with Gasteiger partial charge in [0, 0.05) is 30.7 Å². The molecule has 0 atom stereocenters. The lowest BCUT2D eigenvalue weighted by molar-refractivity contribution is 0.101. The van der Waals surface area contributed by atoms with Gasteiger partial charge in [0.1, 0.15) is 11.6 Å². The average molecular weight is 478 g/mol. The molecule has 0 bridgehead atoms. The van der Waals surface area contributed by atoms with E-state index in [1.165, 1.54) is 16.9 Å². The highest BCUT2D eigenvalue weighted by Gasteiger charge is 2.16. The van der Waals surface area contributed by atoms with Gasteiger partial charge in [0.25, 0.3) is 5.91 Å². The van der Waals surface area contributed by atoms with Crippen LogP contribution in [0, 0.1) is 11.6 Å². The summed E-state index contributed by atoms with van der Waals surface area (Å²) in [6, 6.07) is 16.6. The van der Waals surface area contributed by atoms with Crippen LogP contribution in [0.1, 0.15) is 27.9 Å². The molecule has 3 aromatic carbocycles. The summed E-state index contributed by atoms with van der Waals surface area (Å²) in [6.07, 6.45) is 3.02. The summed E-state index contributed by atoms with van der Waals surface area (Å²) in [5.41, 5.74) is 6.45. The van der Waals surface area contributed by atoms with E-state index in [-0.39, 0.29) is 5.91 Å². The third-order valence-electron chi connectivity index (χ3n) is 5.83. The number of carbonyl (C=O) groups is 1. The van der Waals surface area contributed by atoms with E-state index >= 15 is 0 Å². The Morgan fingerprint density at radius 2 is 1.69 bits per heavy atom. The minimum atomic E-state index is -0.597. The standard InChI is InChI=1S/C27H29F2N5O/c1-32(2)11-6-12-33(3)26-8-5-4-7-24(26)27(35)31-34-25-10-9-19(14-21(25)18-30-34)13-20-15-22(28)17-23(29)16-20/h4-5,7-10,14-18H,6,11-13H2,1-3H3,(H,31,35). The molecule has 0 aliphatic carbocycles. The summed E-state index contributed by atoms with van der Waals surface area (Å²) in [4.78, 5) is 18.8. The molecule has 0 aliphatic heterocycles. The Kier molecular flexibility index (Phi) is 7.41. The predicted octanol–water partition coefficient (Wildman–Crippen LogP) is 4.68. The molecule has 0 radical (unpaired) electrons. The lowest BCUT2D eigenvalue weighted by Gasteiger charge is -2.23. The molecular weight excluding hydrogens is 448 g/mol. The van der Waals surface area contributed by atoms with Crippen LogP contribution in [0.5, 0.6) is 0 Å². The molecule has 4 aromatic rings. The van der Waals surface area contributed by atoms with Crippen LogP contribution >= 0.6 is 0 Å². The summed E-state index contributed by atoms with van der Waals surface area (Å²) in [5, 5.41) is 5.14. The van der Waals surface area contributed by atoms with Gasteiger partial charge in [0.05, 0.1) is 17.3 Å². The first-order chi connectivity index (χ1) is 16.8. The molecular formula is C27H29F2N5O. The molecule has 8 heteroatoms. The third-order valence-corrected chi connectivity index (χ3v) is 5.83. The fourth-order valence-electron chi connectivity index (χ4n) is 4.13. The van der Waals surface area contributed by atoms with Gasteiger partial charge < -0.3 is 9.80 Å². The van der Waals surface area contributed by atoms with Gasteiger partial charge in [-0.15, -0.1) is 0 Å². The van der Waals surface area contributed by atoms with E-state index in [4.69, 9.17) is 0 Å². The quantitative estimate of drug-likeness (QED) is 0.381. The Morgan fingerprint density at radius 1 is 0.943 bits per heavy atom. The topological polar surface area (TPSA) is 53.4 Å². The van der Waals surface area contributed by atoms with Crippen molar-refractivity contribution in [3.8, 4) is 0 Å². The summed E-state index contributed by atoms with van der Waals surface area (Å²) >= 11 is 0. The van der Waals surface area contributed by atoms with E-state index < -0.39 is 11.6 Å². The second kappa shape index (κ2) is 10.7. The molecule has 1 N–H and O–H groups in total. The van der Waals surface area contributed by atoms with Crippen molar-refractivity contribution in [2.45, 2.75) is 12.8 Å². The number of hydrogen-bond acceptors (Lipinski definition) is 4. The van der Waals surface area contributed by atoms with E-state index in [2.05, 4.69) is 20.3 Å². The van der Waals surface area contributed by atoms with Crippen molar-refractivity contribution >= 4 is 22.5 Å². The number of nitrogens with zero attached hydrogens (tertiary/aromatic N) is 4. The number of para-hydroxylation sites is 1. The molecule has 0 aliphatic rings. The average Bonchev–Trinajstić information content (AvgIpc) is 3.20. The zero-order valence-corrected chi connectivity index (χ0v) is 20.1. The molecule has 0 spiro atoms. The number of fused-ring (bicyclic) bond motifs is 1. The predicted molar refractivity (Wildman–Crippen MR) is 135 cm³/mol. The SMILES string of the molecule is CN(C)CCCN(C)c1ccccc1C(=O)Nn1ncc2cc(Cc3cc(F)cc(F)c3)ccc21. The lowest BCUT2D eigenvalue weighted by Crippen LogP contribution is -2.28. The number of nitrogens with one attached hydrogen (secondary N) is 1. The Balaban J connectivity index is 1.50. The van der Waals surface area contributed by atoms with Gasteiger partial charge in [-0.2, -0.15) is 9.89 Å². The van der Waals surface area contributed by atoms with Crippen LogP contribution in [0.2, 0.25) is 0 Å². The number of hydrogen-bond donors (Lipinski definition) is 1. The summed E-state index contributed by atoms with van der Waals surface area (Å²) < 4.78 is 27.0. The highest BCUT2D eigenvalue weighted by molar-refractivity contribution is 6.05. The largest absolute Gasteiger partial charge is 0.374 e. The van der Waals surface area contributed by atoms with Crippen molar-refractivity contribution in [1.29, 1.82) is 0 Å². The molecule has 35 heavy (non-hydrogen) atoms. The molecule has 4 rings (SSSR count). The Labute approximate surface area is 203 Å². The van der Waals surface area contributed by atoms with Crippen LogP contribution in [0.25, 0.3) is 10.9 Å². The van der Waals surface area contributed by atoms with E-state index in [9.17, 15) is 13.6 Å². The smallest absolute Gasteiger partial charge is 0.273 e. The first-order valence-corrected chi connectivity index (χ1v) is 11.5. The van der Waals surface area contributed by atoms with Crippen molar-refractivity contribution in [3.05, 3.63) is 95.2 Å². The highest BCUT2D eigenvalue weighted by Crippen LogP contribution is 2.22. The number of carbonyl (C=O) groups excluding carboxylic acids is 1. The van der Waals surface area contributed by atoms with Crippen molar-refractivity contribution in [3.63, 3.8) is 0 Å². The van der Waals surface area contributed by atoms with Crippen LogP contribution in [0.15, 0.2) is 66.9 Å².